The van der Waals surface area contributed by atoms with E-state index >= 15 is 0 Å². The number of anilines is 1. The van der Waals surface area contributed by atoms with Crippen LogP contribution in [-0.4, -0.2) is 20.9 Å². The fourth-order valence-electron chi connectivity index (χ4n) is 0.933. The Balaban J connectivity index is 2.22. The van der Waals surface area contributed by atoms with E-state index in [2.05, 4.69) is 20.3 Å². The van der Waals surface area contributed by atoms with Crippen molar-refractivity contribution >= 4 is 46.3 Å². The average molecular weight is 275 g/mol. The molecule has 0 fully saturated rings. The molecule has 2 aromatic rings. The van der Waals surface area contributed by atoms with Crippen LogP contribution >= 0.6 is 34.5 Å². The fourth-order valence-corrected chi connectivity index (χ4v) is 1.73. The van der Waals surface area contributed by atoms with E-state index in [1.165, 1.54) is 23.9 Å². The molecule has 2 aromatic heterocycles. The highest BCUT2D eigenvalue weighted by Gasteiger charge is 2.12. The zero-order valence-electron chi connectivity index (χ0n) is 7.65. The lowest BCUT2D eigenvalue weighted by Crippen LogP contribution is -2.12. The van der Waals surface area contributed by atoms with Crippen molar-refractivity contribution in [2.75, 3.05) is 5.32 Å². The van der Waals surface area contributed by atoms with Crippen LogP contribution in [0.15, 0.2) is 18.0 Å². The lowest BCUT2D eigenvalue weighted by atomic mass is 10.5. The van der Waals surface area contributed by atoms with E-state index in [0.717, 1.165) is 0 Å². The Bertz CT molecular complexity index is 517. The van der Waals surface area contributed by atoms with Crippen molar-refractivity contribution in [3.05, 3.63) is 33.1 Å². The van der Waals surface area contributed by atoms with Crippen LogP contribution in [0.5, 0.6) is 0 Å². The number of carbonyl (C=O) groups is 1. The largest absolute Gasteiger partial charge is 0.304 e. The highest BCUT2D eigenvalue weighted by Crippen LogP contribution is 2.25. The Morgan fingerprint density at radius 2 is 2.19 bits per heavy atom. The number of hydrogen-bond acceptors (Lipinski definition) is 5. The second-order valence-electron chi connectivity index (χ2n) is 2.65. The van der Waals surface area contributed by atoms with Gasteiger partial charge in [-0.3, -0.25) is 9.78 Å². The van der Waals surface area contributed by atoms with E-state index in [-0.39, 0.29) is 21.9 Å². The lowest BCUT2D eigenvalue weighted by Gasteiger charge is -2.04. The van der Waals surface area contributed by atoms with E-state index in [1.807, 2.05) is 0 Å². The third-order valence-corrected chi connectivity index (χ3v) is 3.15. The second kappa shape index (κ2) is 4.73. The van der Waals surface area contributed by atoms with Crippen LogP contribution in [0.25, 0.3) is 0 Å². The van der Waals surface area contributed by atoms with Crippen LogP contribution in [0.1, 0.15) is 9.67 Å². The molecule has 0 aliphatic rings. The fraction of sp³-hybridized carbons (Fsp3) is 0. The molecule has 0 spiro atoms. The van der Waals surface area contributed by atoms with Crippen LogP contribution in [0, 0.1) is 0 Å². The number of hydrogen-bond donors (Lipinski definition) is 1. The Morgan fingerprint density at radius 1 is 1.38 bits per heavy atom. The number of aromatic nitrogens is 3. The van der Waals surface area contributed by atoms with Gasteiger partial charge in [-0.1, -0.05) is 23.2 Å². The second-order valence-corrected chi connectivity index (χ2v) is 4.27. The van der Waals surface area contributed by atoms with Gasteiger partial charge in [-0.05, 0) is 0 Å². The molecule has 5 nitrogen and oxygen atoms in total. The minimum atomic E-state index is -0.334. The lowest BCUT2D eigenvalue weighted by molar-refractivity contribution is 0.103. The van der Waals surface area contributed by atoms with Gasteiger partial charge in [0, 0.05) is 0 Å². The summed E-state index contributed by atoms with van der Waals surface area (Å²) in [7, 11) is 0. The molecule has 0 radical (unpaired) electrons. The first kappa shape index (κ1) is 11.3. The molecule has 0 saturated heterocycles. The predicted octanol–water partition coefficient (Wildman–Crippen LogP) is 2.49. The first-order chi connectivity index (χ1) is 7.68. The molecule has 0 aliphatic carbocycles. The van der Waals surface area contributed by atoms with Gasteiger partial charge >= 0.3 is 0 Å². The highest BCUT2D eigenvalue weighted by atomic mass is 35.5. The highest BCUT2D eigenvalue weighted by molar-refractivity contribution is 7.11. The minimum Gasteiger partial charge on any atom is -0.304 e. The quantitative estimate of drug-likeness (QED) is 0.855. The molecule has 8 heteroatoms. The average Bonchev–Trinajstić information content (AvgIpc) is 2.78. The normalized spacial score (nSPS) is 10.1. The SMILES string of the molecule is O=C(Nc1ncnc(Cl)c1Cl)c1cncs1. The summed E-state index contributed by atoms with van der Waals surface area (Å²) < 4.78 is 0. The summed E-state index contributed by atoms with van der Waals surface area (Å²) >= 11 is 12.7. The molecule has 0 aromatic carbocycles. The molecule has 2 heterocycles. The maximum Gasteiger partial charge on any atom is 0.268 e. The Kier molecular flexibility index (Phi) is 3.33. The van der Waals surface area contributed by atoms with E-state index in [1.54, 1.807) is 5.51 Å². The van der Waals surface area contributed by atoms with Crippen molar-refractivity contribution < 1.29 is 4.79 Å². The van der Waals surface area contributed by atoms with Gasteiger partial charge in [-0.2, -0.15) is 0 Å². The molecule has 0 saturated carbocycles. The van der Waals surface area contributed by atoms with Gasteiger partial charge in [-0.25, -0.2) is 9.97 Å². The van der Waals surface area contributed by atoms with Crippen LogP contribution in [0.3, 0.4) is 0 Å². The summed E-state index contributed by atoms with van der Waals surface area (Å²) in [6.45, 7) is 0. The molecule has 0 atom stereocenters. The maximum atomic E-state index is 11.6. The molecule has 1 N–H and O–H groups in total. The molecule has 0 unspecified atom stereocenters. The van der Waals surface area contributed by atoms with Crippen LogP contribution in [-0.2, 0) is 0 Å². The molecule has 2 rings (SSSR count). The summed E-state index contributed by atoms with van der Waals surface area (Å²) in [5, 5.41) is 2.72. The van der Waals surface area contributed by atoms with Gasteiger partial charge < -0.3 is 5.32 Å². The predicted molar refractivity (Wildman–Crippen MR) is 62.1 cm³/mol. The topological polar surface area (TPSA) is 67.8 Å². The smallest absolute Gasteiger partial charge is 0.268 e. The van der Waals surface area contributed by atoms with Crippen LogP contribution < -0.4 is 5.32 Å². The van der Waals surface area contributed by atoms with Crippen molar-refractivity contribution in [1.82, 2.24) is 15.0 Å². The third-order valence-electron chi connectivity index (χ3n) is 1.63. The Labute approximate surface area is 104 Å². The number of thiazole rings is 1. The molecule has 0 bridgehead atoms. The zero-order chi connectivity index (χ0) is 11.5. The van der Waals surface area contributed by atoms with E-state index in [4.69, 9.17) is 23.2 Å². The first-order valence-corrected chi connectivity index (χ1v) is 5.68. The molecular weight excluding hydrogens is 271 g/mol. The Hall–Kier alpha value is -1.24. The monoisotopic (exact) mass is 274 g/mol. The number of rotatable bonds is 2. The van der Waals surface area contributed by atoms with Gasteiger partial charge in [0.15, 0.2) is 11.0 Å². The number of halogens is 2. The number of carbonyl (C=O) groups excluding carboxylic acids is 1. The maximum absolute atomic E-state index is 11.6. The summed E-state index contributed by atoms with van der Waals surface area (Å²) in [5.41, 5.74) is 1.56. The first-order valence-electron chi connectivity index (χ1n) is 4.04. The van der Waals surface area contributed by atoms with Crippen molar-refractivity contribution in [1.29, 1.82) is 0 Å². The number of nitrogens with zero attached hydrogens (tertiary/aromatic N) is 3. The van der Waals surface area contributed by atoms with Crippen LogP contribution in [0.2, 0.25) is 10.2 Å². The standard InChI is InChI=1S/C8H4Cl2N4OS/c9-5-6(10)12-2-13-7(5)14-8(15)4-1-11-3-16-4/h1-3H,(H,12,13,14,15). The van der Waals surface area contributed by atoms with Gasteiger partial charge in [0.2, 0.25) is 0 Å². The van der Waals surface area contributed by atoms with Crippen molar-refractivity contribution in [2.45, 2.75) is 0 Å². The molecule has 0 aliphatic heterocycles. The van der Waals surface area contributed by atoms with Gasteiger partial charge in [0.05, 0.1) is 11.7 Å². The Morgan fingerprint density at radius 3 is 2.88 bits per heavy atom. The van der Waals surface area contributed by atoms with E-state index in [9.17, 15) is 4.79 Å². The minimum absolute atomic E-state index is 0.0938. The van der Waals surface area contributed by atoms with Gasteiger partial charge in [0.25, 0.3) is 5.91 Å². The summed E-state index contributed by atoms with van der Waals surface area (Å²) in [6, 6.07) is 0. The molecular formula is C8H4Cl2N4OS. The molecule has 1 amide bonds. The summed E-state index contributed by atoms with van der Waals surface area (Å²) in [4.78, 5) is 23.4. The summed E-state index contributed by atoms with van der Waals surface area (Å²) in [5.74, 6) is -0.153. The van der Waals surface area contributed by atoms with Crippen molar-refractivity contribution in [3.63, 3.8) is 0 Å². The van der Waals surface area contributed by atoms with Crippen molar-refractivity contribution in [2.24, 2.45) is 0 Å². The van der Waals surface area contributed by atoms with E-state index in [0.29, 0.717) is 4.88 Å². The molecule has 16 heavy (non-hydrogen) atoms. The van der Waals surface area contributed by atoms with Crippen LogP contribution in [0.4, 0.5) is 5.82 Å². The number of nitrogens with one attached hydrogen (secondary N) is 1. The summed E-state index contributed by atoms with van der Waals surface area (Å²) in [6.07, 6.45) is 2.67. The van der Waals surface area contributed by atoms with Gasteiger partial charge in [0.1, 0.15) is 16.2 Å². The van der Waals surface area contributed by atoms with Crippen molar-refractivity contribution in [3.8, 4) is 0 Å². The zero-order valence-corrected chi connectivity index (χ0v) is 9.97. The molecule has 82 valence electrons. The third kappa shape index (κ3) is 2.29. The van der Waals surface area contributed by atoms with Gasteiger partial charge in [-0.15, -0.1) is 11.3 Å². The number of amides is 1. The van der Waals surface area contributed by atoms with E-state index < -0.39 is 0 Å².